The van der Waals surface area contributed by atoms with Gasteiger partial charge < -0.3 is 10.1 Å². The van der Waals surface area contributed by atoms with Crippen LogP contribution in [-0.2, 0) is 9.53 Å². The van der Waals surface area contributed by atoms with Gasteiger partial charge in [0.15, 0.2) is 0 Å². The number of ether oxygens (including phenoxy) is 1. The molecule has 24 heavy (non-hydrogen) atoms. The lowest BCUT2D eigenvalue weighted by Crippen LogP contribution is -2.28. The fourth-order valence-corrected chi connectivity index (χ4v) is 3.12. The Kier molecular flexibility index (Phi) is 5.13. The summed E-state index contributed by atoms with van der Waals surface area (Å²) in [5, 5.41) is 5.27. The van der Waals surface area contributed by atoms with Gasteiger partial charge in [-0.15, -0.1) is 11.3 Å². The van der Waals surface area contributed by atoms with Crippen molar-refractivity contribution >= 4 is 28.2 Å². The maximum absolute atomic E-state index is 12.3. The van der Waals surface area contributed by atoms with Crippen molar-refractivity contribution in [2.75, 3.05) is 12.4 Å². The standard InChI is InChI=1S/C19H23NO3S/c1-11-7-8-13(9-12(11)2)14-10-24-16(15(14)17(21)23-6)20-18(22)19(3,4)5/h7-10H,1-6H3,(H,20,22). The van der Waals surface area contributed by atoms with Gasteiger partial charge in [0.2, 0.25) is 5.91 Å². The first kappa shape index (κ1) is 18.2. The van der Waals surface area contributed by atoms with Gasteiger partial charge in [-0.3, -0.25) is 4.79 Å². The van der Waals surface area contributed by atoms with Crippen LogP contribution in [0.3, 0.4) is 0 Å². The second kappa shape index (κ2) is 6.77. The lowest BCUT2D eigenvalue weighted by molar-refractivity contribution is -0.123. The molecule has 0 saturated heterocycles. The molecule has 0 atom stereocenters. The molecule has 1 aromatic heterocycles. The Morgan fingerprint density at radius 1 is 1.12 bits per heavy atom. The second-order valence-corrected chi connectivity index (χ2v) is 7.73. The van der Waals surface area contributed by atoms with Gasteiger partial charge in [0, 0.05) is 16.4 Å². The summed E-state index contributed by atoms with van der Waals surface area (Å²) in [5.41, 5.74) is 3.91. The predicted octanol–water partition coefficient (Wildman–Crippen LogP) is 4.80. The summed E-state index contributed by atoms with van der Waals surface area (Å²) in [6.45, 7) is 9.57. The maximum atomic E-state index is 12.3. The summed E-state index contributed by atoms with van der Waals surface area (Å²) in [4.78, 5) is 24.6. The first-order chi connectivity index (χ1) is 11.1. The quantitative estimate of drug-likeness (QED) is 0.813. The minimum atomic E-state index is -0.544. The van der Waals surface area contributed by atoms with E-state index in [4.69, 9.17) is 4.74 Å². The minimum Gasteiger partial charge on any atom is -0.465 e. The van der Waals surface area contributed by atoms with Crippen LogP contribution < -0.4 is 5.32 Å². The van der Waals surface area contributed by atoms with E-state index < -0.39 is 11.4 Å². The molecule has 1 amide bonds. The van der Waals surface area contributed by atoms with Crippen molar-refractivity contribution in [3.63, 3.8) is 0 Å². The molecule has 4 nitrogen and oxygen atoms in total. The van der Waals surface area contributed by atoms with Crippen LogP contribution in [0.4, 0.5) is 5.00 Å². The third kappa shape index (κ3) is 3.67. The Morgan fingerprint density at radius 2 is 1.79 bits per heavy atom. The molecule has 0 spiro atoms. The molecule has 0 aliphatic rings. The zero-order valence-electron chi connectivity index (χ0n) is 14.9. The molecule has 2 aromatic rings. The maximum Gasteiger partial charge on any atom is 0.341 e. The molecule has 1 N–H and O–H groups in total. The van der Waals surface area contributed by atoms with Crippen molar-refractivity contribution in [2.45, 2.75) is 34.6 Å². The third-order valence-electron chi connectivity index (χ3n) is 3.91. The van der Waals surface area contributed by atoms with Crippen molar-refractivity contribution < 1.29 is 14.3 Å². The highest BCUT2D eigenvalue weighted by Crippen LogP contribution is 2.37. The number of hydrogen-bond acceptors (Lipinski definition) is 4. The molecule has 0 saturated carbocycles. The molecule has 0 fully saturated rings. The Bertz CT molecular complexity index is 784. The van der Waals surface area contributed by atoms with Crippen LogP contribution in [-0.4, -0.2) is 19.0 Å². The third-order valence-corrected chi connectivity index (χ3v) is 4.80. The van der Waals surface area contributed by atoms with Gasteiger partial charge in [-0.25, -0.2) is 4.79 Å². The summed E-state index contributed by atoms with van der Waals surface area (Å²) in [5.74, 6) is -0.588. The fourth-order valence-electron chi connectivity index (χ4n) is 2.17. The van der Waals surface area contributed by atoms with Gasteiger partial charge in [-0.05, 0) is 30.5 Å². The lowest BCUT2D eigenvalue weighted by Gasteiger charge is -2.17. The monoisotopic (exact) mass is 345 g/mol. The highest BCUT2D eigenvalue weighted by Gasteiger charge is 2.26. The van der Waals surface area contributed by atoms with Crippen molar-refractivity contribution in [3.8, 4) is 11.1 Å². The molecule has 0 aliphatic carbocycles. The molecule has 5 heteroatoms. The Labute approximate surface area is 146 Å². The molecule has 128 valence electrons. The Morgan fingerprint density at radius 3 is 2.33 bits per heavy atom. The Balaban J connectivity index is 2.52. The van der Waals surface area contributed by atoms with Crippen LogP contribution in [0, 0.1) is 19.3 Å². The molecule has 0 unspecified atom stereocenters. The number of anilines is 1. The van der Waals surface area contributed by atoms with Crippen molar-refractivity contribution in [3.05, 3.63) is 40.3 Å². The van der Waals surface area contributed by atoms with Crippen LogP contribution in [0.25, 0.3) is 11.1 Å². The number of carbonyl (C=O) groups is 2. The number of rotatable bonds is 3. The van der Waals surface area contributed by atoms with Crippen LogP contribution in [0.1, 0.15) is 42.3 Å². The van der Waals surface area contributed by atoms with Crippen LogP contribution in [0.5, 0.6) is 0 Å². The zero-order valence-corrected chi connectivity index (χ0v) is 15.8. The fraction of sp³-hybridized carbons (Fsp3) is 0.368. The van der Waals surface area contributed by atoms with Gasteiger partial charge in [0.1, 0.15) is 10.6 Å². The predicted molar refractivity (Wildman–Crippen MR) is 98.7 cm³/mol. The van der Waals surface area contributed by atoms with Gasteiger partial charge in [0.25, 0.3) is 0 Å². The van der Waals surface area contributed by atoms with Crippen molar-refractivity contribution in [1.29, 1.82) is 0 Å². The number of aryl methyl sites for hydroxylation is 2. The largest absolute Gasteiger partial charge is 0.465 e. The number of nitrogens with one attached hydrogen (secondary N) is 1. The smallest absolute Gasteiger partial charge is 0.341 e. The first-order valence-corrected chi connectivity index (χ1v) is 8.62. The highest BCUT2D eigenvalue weighted by atomic mass is 32.1. The number of esters is 1. The average Bonchev–Trinajstić information content (AvgIpc) is 2.92. The van der Waals surface area contributed by atoms with Gasteiger partial charge in [-0.2, -0.15) is 0 Å². The van der Waals surface area contributed by atoms with Gasteiger partial charge >= 0.3 is 5.97 Å². The number of amides is 1. The zero-order chi connectivity index (χ0) is 18.1. The normalized spacial score (nSPS) is 11.2. The van der Waals surface area contributed by atoms with E-state index in [-0.39, 0.29) is 5.91 Å². The van der Waals surface area contributed by atoms with E-state index in [1.54, 1.807) is 0 Å². The number of methoxy groups -OCH3 is 1. The summed E-state index contributed by atoms with van der Waals surface area (Å²) in [6.07, 6.45) is 0. The molecule has 0 radical (unpaired) electrons. The topological polar surface area (TPSA) is 55.4 Å². The van der Waals surface area contributed by atoms with E-state index in [0.29, 0.717) is 10.6 Å². The van der Waals surface area contributed by atoms with E-state index in [1.165, 1.54) is 24.0 Å². The SMILES string of the molecule is COC(=O)c1c(-c2ccc(C)c(C)c2)csc1NC(=O)C(C)(C)C. The number of carbonyl (C=O) groups excluding carboxylic acids is 2. The number of hydrogen-bond donors (Lipinski definition) is 1. The summed E-state index contributed by atoms with van der Waals surface area (Å²) in [7, 11) is 1.35. The van der Waals surface area contributed by atoms with E-state index >= 15 is 0 Å². The molecule has 2 rings (SSSR count). The number of benzene rings is 1. The molecule has 0 aliphatic heterocycles. The summed E-state index contributed by atoms with van der Waals surface area (Å²) in [6, 6.07) is 6.04. The molecular weight excluding hydrogens is 322 g/mol. The first-order valence-electron chi connectivity index (χ1n) is 7.74. The minimum absolute atomic E-state index is 0.138. The summed E-state index contributed by atoms with van der Waals surface area (Å²) >= 11 is 1.34. The average molecular weight is 345 g/mol. The highest BCUT2D eigenvalue weighted by molar-refractivity contribution is 7.15. The summed E-state index contributed by atoms with van der Waals surface area (Å²) < 4.78 is 4.94. The van der Waals surface area contributed by atoms with Crippen LogP contribution in [0.2, 0.25) is 0 Å². The molecule has 1 aromatic carbocycles. The lowest BCUT2D eigenvalue weighted by atomic mass is 9.95. The van der Waals surface area contributed by atoms with E-state index in [9.17, 15) is 9.59 Å². The van der Waals surface area contributed by atoms with Gasteiger partial charge in [0.05, 0.1) is 7.11 Å². The van der Waals surface area contributed by atoms with Crippen molar-refractivity contribution in [1.82, 2.24) is 0 Å². The van der Waals surface area contributed by atoms with Gasteiger partial charge in [-0.1, -0.05) is 39.0 Å². The molecule has 1 heterocycles. The van der Waals surface area contributed by atoms with Crippen molar-refractivity contribution in [2.24, 2.45) is 5.41 Å². The van der Waals surface area contributed by atoms with E-state index in [0.717, 1.165) is 16.7 Å². The van der Waals surface area contributed by atoms with Crippen LogP contribution >= 0.6 is 11.3 Å². The molecular formula is C19H23NO3S. The van der Waals surface area contributed by atoms with Crippen LogP contribution in [0.15, 0.2) is 23.6 Å². The number of thiophene rings is 1. The van der Waals surface area contributed by atoms with E-state index in [2.05, 4.69) is 5.32 Å². The Hall–Kier alpha value is -2.14. The molecule has 0 bridgehead atoms. The second-order valence-electron chi connectivity index (χ2n) is 6.85. The van der Waals surface area contributed by atoms with E-state index in [1.807, 2.05) is 58.2 Å².